The van der Waals surface area contributed by atoms with Crippen molar-refractivity contribution in [1.82, 2.24) is 5.32 Å². The minimum absolute atomic E-state index is 0.161. The van der Waals surface area contributed by atoms with Crippen LogP contribution in [-0.2, 0) is 4.79 Å². The lowest BCUT2D eigenvalue weighted by atomic mass is 10.3. The summed E-state index contributed by atoms with van der Waals surface area (Å²) in [6, 6.07) is -0.519. The lowest BCUT2D eigenvalue weighted by Crippen LogP contribution is -2.40. The van der Waals surface area contributed by atoms with Crippen molar-refractivity contribution >= 4 is 17.7 Å². The number of carbonyl (C=O) groups is 1. The molecule has 0 heterocycles. The van der Waals surface area contributed by atoms with Crippen LogP contribution in [0.5, 0.6) is 0 Å². The molecule has 4 nitrogen and oxygen atoms in total. The average Bonchev–Trinajstić information content (AvgIpc) is 2.01. The van der Waals surface area contributed by atoms with Gasteiger partial charge in [-0.2, -0.15) is 11.8 Å². The van der Waals surface area contributed by atoms with E-state index in [0.29, 0.717) is 5.75 Å². The zero-order valence-corrected chi connectivity index (χ0v) is 7.23. The fraction of sp³-hybridized carbons (Fsp3) is 0.833. The first kappa shape index (κ1) is 10.7. The molecule has 0 atom stereocenters. The van der Waals surface area contributed by atoms with Gasteiger partial charge in [0.05, 0.1) is 25.0 Å². The molecule has 0 fully saturated rings. The van der Waals surface area contributed by atoms with Crippen LogP contribution in [0.1, 0.15) is 0 Å². The van der Waals surface area contributed by atoms with E-state index < -0.39 is 6.04 Å². The first-order valence-electron chi connectivity index (χ1n) is 3.24. The van der Waals surface area contributed by atoms with Gasteiger partial charge in [-0.25, -0.2) is 0 Å². The Hall–Kier alpha value is -0.260. The number of hydrogen-bond acceptors (Lipinski definition) is 4. The summed E-state index contributed by atoms with van der Waals surface area (Å²) in [5.41, 5.74) is 0. The first-order chi connectivity index (χ1) is 5.24. The van der Waals surface area contributed by atoms with E-state index in [4.69, 9.17) is 10.2 Å². The molecule has 0 aliphatic heterocycles. The molecule has 5 heteroatoms. The third kappa shape index (κ3) is 5.06. The van der Waals surface area contributed by atoms with Crippen LogP contribution in [0.2, 0.25) is 0 Å². The highest BCUT2D eigenvalue weighted by atomic mass is 32.2. The molecule has 0 bridgehead atoms. The lowest BCUT2D eigenvalue weighted by molar-refractivity contribution is -0.119. The van der Waals surface area contributed by atoms with Crippen molar-refractivity contribution in [3.63, 3.8) is 0 Å². The molecule has 11 heavy (non-hydrogen) atoms. The SMILES string of the molecule is CSCC(=O)NC(CO)CO. The van der Waals surface area contributed by atoms with Crippen molar-refractivity contribution < 1.29 is 15.0 Å². The van der Waals surface area contributed by atoms with E-state index in [1.54, 1.807) is 0 Å². The van der Waals surface area contributed by atoms with Crippen molar-refractivity contribution in [3.8, 4) is 0 Å². The van der Waals surface area contributed by atoms with Crippen LogP contribution < -0.4 is 5.32 Å². The van der Waals surface area contributed by atoms with E-state index in [2.05, 4.69) is 5.32 Å². The van der Waals surface area contributed by atoms with Gasteiger partial charge in [-0.1, -0.05) is 0 Å². The zero-order chi connectivity index (χ0) is 8.69. The Labute approximate surface area is 70.0 Å². The second kappa shape index (κ2) is 6.45. The van der Waals surface area contributed by atoms with Gasteiger partial charge in [-0.3, -0.25) is 4.79 Å². The highest BCUT2D eigenvalue weighted by Gasteiger charge is 2.08. The number of thioether (sulfide) groups is 1. The monoisotopic (exact) mass is 179 g/mol. The van der Waals surface area contributed by atoms with Crippen molar-refractivity contribution in [2.75, 3.05) is 25.2 Å². The normalized spacial score (nSPS) is 10.2. The van der Waals surface area contributed by atoms with E-state index >= 15 is 0 Å². The van der Waals surface area contributed by atoms with E-state index in [-0.39, 0.29) is 19.1 Å². The van der Waals surface area contributed by atoms with E-state index in [0.717, 1.165) is 0 Å². The van der Waals surface area contributed by atoms with Gasteiger partial charge >= 0.3 is 0 Å². The highest BCUT2D eigenvalue weighted by Crippen LogP contribution is 1.90. The minimum Gasteiger partial charge on any atom is -0.394 e. The summed E-state index contributed by atoms with van der Waals surface area (Å²) in [5, 5.41) is 19.6. The molecule has 0 aliphatic rings. The van der Waals surface area contributed by atoms with Gasteiger partial charge in [0.25, 0.3) is 0 Å². The molecule has 0 radical (unpaired) electrons. The zero-order valence-electron chi connectivity index (χ0n) is 6.41. The molecular weight excluding hydrogens is 166 g/mol. The third-order valence-electron chi connectivity index (χ3n) is 1.08. The van der Waals surface area contributed by atoms with Gasteiger partial charge < -0.3 is 15.5 Å². The maximum Gasteiger partial charge on any atom is 0.230 e. The van der Waals surface area contributed by atoms with Crippen molar-refractivity contribution in [3.05, 3.63) is 0 Å². The summed E-state index contributed by atoms with van der Waals surface area (Å²) in [6.07, 6.45) is 1.81. The Balaban J connectivity index is 3.54. The van der Waals surface area contributed by atoms with Crippen molar-refractivity contribution in [2.24, 2.45) is 0 Å². The summed E-state index contributed by atoms with van der Waals surface area (Å²) in [4.78, 5) is 10.8. The molecule has 0 aromatic rings. The number of nitrogens with one attached hydrogen (secondary N) is 1. The topological polar surface area (TPSA) is 69.6 Å². The number of hydrogen-bond donors (Lipinski definition) is 3. The molecule has 3 N–H and O–H groups in total. The van der Waals surface area contributed by atoms with Gasteiger partial charge in [0.15, 0.2) is 0 Å². The second-order valence-electron chi connectivity index (χ2n) is 2.06. The molecule has 0 unspecified atom stereocenters. The summed E-state index contributed by atoms with van der Waals surface area (Å²) >= 11 is 1.40. The molecule has 0 aromatic carbocycles. The minimum atomic E-state index is -0.519. The largest absolute Gasteiger partial charge is 0.394 e. The summed E-state index contributed by atoms with van der Waals surface area (Å²) < 4.78 is 0. The molecule has 1 amide bonds. The molecule has 0 spiro atoms. The number of amides is 1. The van der Waals surface area contributed by atoms with Crippen LogP contribution in [0, 0.1) is 0 Å². The molecule has 0 saturated heterocycles. The van der Waals surface area contributed by atoms with Crippen LogP contribution in [0.3, 0.4) is 0 Å². The van der Waals surface area contributed by atoms with Crippen LogP contribution in [-0.4, -0.2) is 47.4 Å². The Kier molecular flexibility index (Phi) is 6.30. The highest BCUT2D eigenvalue weighted by molar-refractivity contribution is 7.99. The van der Waals surface area contributed by atoms with Gasteiger partial charge in [-0.15, -0.1) is 0 Å². The van der Waals surface area contributed by atoms with Crippen LogP contribution in [0.4, 0.5) is 0 Å². The number of aliphatic hydroxyl groups is 2. The van der Waals surface area contributed by atoms with Gasteiger partial charge in [-0.05, 0) is 6.26 Å². The van der Waals surface area contributed by atoms with Gasteiger partial charge in [0, 0.05) is 0 Å². The molecular formula is C6H13NO3S. The number of aliphatic hydroxyl groups excluding tert-OH is 2. The number of rotatable bonds is 5. The van der Waals surface area contributed by atoms with E-state index in [1.165, 1.54) is 11.8 Å². The van der Waals surface area contributed by atoms with Crippen molar-refractivity contribution in [1.29, 1.82) is 0 Å². The van der Waals surface area contributed by atoms with Gasteiger partial charge in [0.1, 0.15) is 0 Å². The molecule has 0 rings (SSSR count). The quantitative estimate of drug-likeness (QED) is 0.497. The molecule has 0 aromatic heterocycles. The van der Waals surface area contributed by atoms with E-state index in [9.17, 15) is 4.79 Å². The fourth-order valence-electron chi connectivity index (χ4n) is 0.549. The van der Waals surface area contributed by atoms with Crippen molar-refractivity contribution in [2.45, 2.75) is 6.04 Å². The van der Waals surface area contributed by atoms with Crippen LogP contribution in [0.15, 0.2) is 0 Å². The second-order valence-corrected chi connectivity index (χ2v) is 2.93. The average molecular weight is 179 g/mol. The molecule has 0 aliphatic carbocycles. The molecule has 0 saturated carbocycles. The Morgan fingerprint density at radius 1 is 1.55 bits per heavy atom. The predicted octanol–water partition coefficient (Wildman–Crippen LogP) is -1.18. The van der Waals surface area contributed by atoms with Crippen LogP contribution in [0.25, 0.3) is 0 Å². The molecule has 66 valence electrons. The number of carbonyl (C=O) groups excluding carboxylic acids is 1. The fourth-order valence-corrected chi connectivity index (χ4v) is 0.895. The summed E-state index contributed by atoms with van der Waals surface area (Å²) in [7, 11) is 0. The lowest BCUT2D eigenvalue weighted by Gasteiger charge is -2.12. The van der Waals surface area contributed by atoms with E-state index in [1.807, 2.05) is 6.26 Å². The summed E-state index contributed by atoms with van der Waals surface area (Å²) in [5.74, 6) is 0.196. The maximum absolute atomic E-state index is 10.8. The third-order valence-corrected chi connectivity index (χ3v) is 1.63. The van der Waals surface area contributed by atoms with Crippen LogP contribution >= 0.6 is 11.8 Å². The maximum atomic E-state index is 10.8. The predicted molar refractivity (Wildman–Crippen MR) is 44.5 cm³/mol. The van der Waals surface area contributed by atoms with Gasteiger partial charge in [0.2, 0.25) is 5.91 Å². The standard InChI is InChI=1S/C6H13NO3S/c1-11-4-6(10)7-5(2-8)3-9/h5,8-9H,2-4H2,1H3,(H,7,10). The first-order valence-corrected chi connectivity index (χ1v) is 4.64. The summed E-state index contributed by atoms with van der Waals surface area (Å²) in [6.45, 7) is -0.451. The Bertz CT molecular complexity index is 116. The smallest absolute Gasteiger partial charge is 0.230 e. The Morgan fingerprint density at radius 3 is 2.45 bits per heavy atom. The Morgan fingerprint density at radius 2 is 2.09 bits per heavy atom.